The zero-order chi connectivity index (χ0) is 9.68. The molecule has 13 heavy (non-hydrogen) atoms. The van der Waals surface area contributed by atoms with Gasteiger partial charge in [0.05, 0.1) is 13.7 Å². The van der Waals surface area contributed by atoms with Crippen molar-refractivity contribution in [1.82, 2.24) is 5.32 Å². The van der Waals surface area contributed by atoms with E-state index in [1.54, 1.807) is 0 Å². The van der Waals surface area contributed by atoms with Crippen molar-refractivity contribution in [3.63, 3.8) is 0 Å². The summed E-state index contributed by atoms with van der Waals surface area (Å²) in [5.74, 6) is -0.186. The molecule has 0 saturated carbocycles. The number of hydrogen-bond acceptors (Lipinski definition) is 4. The summed E-state index contributed by atoms with van der Waals surface area (Å²) in [5.41, 5.74) is 0. The predicted octanol–water partition coefficient (Wildman–Crippen LogP) is 0.316. The number of esters is 1. The van der Waals surface area contributed by atoms with Gasteiger partial charge >= 0.3 is 5.97 Å². The summed E-state index contributed by atoms with van der Waals surface area (Å²) < 4.78 is 9.87. The Labute approximate surface area is 78.6 Å². The Morgan fingerprint density at radius 2 is 2.54 bits per heavy atom. The number of carbonyl (C=O) groups is 1. The van der Waals surface area contributed by atoms with Crippen LogP contribution in [0, 0.1) is 0 Å². The van der Waals surface area contributed by atoms with Crippen LogP contribution in [0.25, 0.3) is 0 Å². The van der Waals surface area contributed by atoms with E-state index in [0.29, 0.717) is 12.6 Å². The molecule has 1 rings (SSSR count). The highest BCUT2D eigenvalue weighted by Gasteiger charge is 2.23. The normalized spacial score (nSPS) is 24.3. The largest absolute Gasteiger partial charge is 0.468 e. The lowest BCUT2D eigenvalue weighted by Crippen LogP contribution is -2.43. The molecule has 0 aromatic heterocycles. The lowest BCUT2D eigenvalue weighted by Gasteiger charge is -2.18. The maximum Gasteiger partial charge on any atom is 0.322 e. The molecule has 1 aliphatic rings. The van der Waals surface area contributed by atoms with Crippen molar-refractivity contribution in [1.29, 1.82) is 0 Å². The SMILES string of the molecule is CCC(NC1CCOC1)C(=O)OC. The Kier molecular flexibility index (Phi) is 4.18. The third kappa shape index (κ3) is 2.97. The van der Waals surface area contributed by atoms with Crippen molar-refractivity contribution < 1.29 is 14.3 Å². The fourth-order valence-electron chi connectivity index (χ4n) is 1.45. The predicted molar refractivity (Wildman–Crippen MR) is 48.5 cm³/mol. The van der Waals surface area contributed by atoms with Crippen molar-refractivity contribution in [3.05, 3.63) is 0 Å². The molecule has 1 fully saturated rings. The first kappa shape index (κ1) is 10.5. The zero-order valence-corrected chi connectivity index (χ0v) is 8.21. The average molecular weight is 187 g/mol. The molecule has 1 heterocycles. The molecule has 1 saturated heterocycles. The molecule has 0 radical (unpaired) electrons. The Balaban J connectivity index is 2.33. The number of ether oxygens (including phenoxy) is 2. The summed E-state index contributed by atoms with van der Waals surface area (Å²) in [6.45, 7) is 3.45. The minimum absolute atomic E-state index is 0.184. The second-order valence-electron chi connectivity index (χ2n) is 3.21. The number of carbonyl (C=O) groups excluding carboxylic acids is 1. The Hall–Kier alpha value is -0.610. The van der Waals surface area contributed by atoms with Crippen LogP contribution in [0.5, 0.6) is 0 Å². The first-order chi connectivity index (χ1) is 6.27. The molecule has 0 aromatic carbocycles. The highest BCUT2D eigenvalue weighted by Crippen LogP contribution is 2.06. The van der Waals surface area contributed by atoms with Crippen molar-refractivity contribution >= 4 is 5.97 Å². The number of hydrogen-bond donors (Lipinski definition) is 1. The first-order valence-electron chi connectivity index (χ1n) is 4.69. The fourth-order valence-corrected chi connectivity index (χ4v) is 1.45. The molecule has 4 nitrogen and oxygen atoms in total. The van der Waals surface area contributed by atoms with Gasteiger partial charge in [-0.2, -0.15) is 0 Å². The van der Waals surface area contributed by atoms with Gasteiger partial charge < -0.3 is 9.47 Å². The fraction of sp³-hybridized carbons (Fsp3) is 0.889. The smallest absolute Gasteiger partial charge is 0.322 e. The minimum atomic E-state index is -0.186. The molecule has 2 unspecified atom stereocenters. The van der Waals surface area contributed by atoms with Gasteiger partial charge in [-0.25, -0.2) is 0 Å². The maximum atomic E-state index is 11.2. The van der Waals surface area contributed by atoms with Crippen molar-refractivity contribution in [2.24, 2.45) is 0 Å². The molecule has 0 spiro atoms. The van der Waals surface area contributed by atoms with E-state index in [1.165, 1.54) is 7.11 Å². The zero-order valence-electron chi connectivity index (χ0n) is 8.21. The van der Waals surface area contributed by atoms with Gasteiger partial charge in [-0.3, -0.25) is 10.1 Å². The van der Waals surface area contributed by atoms with Crippen LogP contribution in [0.2, 0.25) is 0 Å². The quantitative estimate of drug-likeness (QED) is 0.644. The Bertz CT molecular complexity index is 166. The van der Waals surface area contributed by atoms with E-state index in [2.05, 4.69) is 10.1 Å². The van der Waals surface area contributed by atoms with Crippen LogP contribution in [0.15, 0.2) is 0 Å². The summed E-state index contributed by atoms with van der Waals surface area (Å²) >= 11 is 0. The summed E-state index contributed by atoms with van der Waals surface area (Å²) in [7, 11) is 1.41. The molecular weight excluding hydrogens is 170 g/mol. The van der Waals surface area contributed by atoms with E-state index in [9.17, 15) is 4.79 Å². The molecule has 76 valence electrons. The van der Waals surface area contributed by atoms with Gasteiger partial charge in [0.2, 0.25) is 0 Å². The Morgan fingerprint density at radius 1 is 1.77 bits per heavy atom. The van der Waals surface area contributed by atoms with E-state index < -0.39 is 0 Å². The minimum Gasteiger partial charge on any atom is -0.468 e. The molecule has 0 aliphatic carbocycles. The van der Waals surface area contributed by atoms with Gasteiger partial charge in [0.25, 0.3) is 0 Å². The molecule has 2 atom stereocenters. The Morgan fingerprint density at radius 3 is 3.00 bits per heavy atom. The van der Waals surface area contributed by atoms with E-state index >= 15 is 0 Å². The average Bonchev–Trinajstić information content (AvgIpc) is 2.65. The van der Waals surface area contributed by atoms with Crippen LogP contribution in [-0.2, 0) is 14.3 Å². The van der Waals surface area contributed by atoms with Crippen LogP contribution < -0.4 is 5.32 Å². The highest BCUT2D eigenvalue weighted by molar-refractivity contribution is 5.75. The molecule has 0 bridgehead atoms. The van der Waals surface area contributed by atoms with Crippen molar-refractivity contribution in [2.45, 2.75) is 31.8 Å². The summed E-state index contributed by atoms with van der Waals surface area (Å²) in [4.78, 5) is 11.2. The maximum absolute atomic E-state index is 11.2. The topological polar surface area (TPSA) is 47.6 Å². The van der Waals surface area contributed by atoms with Gasteiger partial charge in [-0.15, -0.1) is 0 Å². The first-order valence-corrected chi connectivity index (χ1v) is 4.69. The third-order valence-corrected chi connectivity index (χ3v) is 2.26. The van der Waals surface area contributed by atoms with Gasteiger partial charge in [-0.05, 0) is 12.8 Å². The van der Waals surface area contributed by atoms with E-state index in [0.717, 1.165) is 19.4 Å². The molecule has 0 aromatic rings. The summed E-state index contributed by atoms with van der Waals surface area (Å²) in [6.07, 6.45) is 1.73. The lowest BCUT2D eigenvalue weighted by atomic mass is 10.1. The molecule has 1 N–H and O–H groups in total. The highest BCUT2D eigenvalue weighted by atomic mass is 16.5. The van der Waals surface area contributed by atoms with Crippen LogP contribution in [0.4, 0.5) is 0 Å². The van der Waals surface area contributed by atoms with Crippen LogP contribution in [0.3, 0.4) is 0 Å². The molecular formula is C9H17NO3. The van der Waals surface area contributed by atoms with Crippen molar-refractivity contribution in [3.8, 4) is 0 Å². The number of rotatable bonds is 4. The van der Waals surface area contributed by atoms with Gasteiger partial charge in [0.15, 0.2) is 0 Å². The lowest BCUT2D eigenvalue weighted by molar-refractivity contribution is -0.143. The number of nitrogens with one attached hydrogen (secondary N) is 1. The second kappa shape index (κ2) is 5.19. The van der Waals surface area contributed by atoms with E-state index in [1.807, 2.05) is 6.92 Å². The second-order valence-corrected chi connectivity index (χ2v) is 3.21. The number of methoxy groups -OCH3 is 1. The van der Waals surface area contributed by atoms with E-state index in [-0.39, 0.29) is 12.0 Å². The van der Waals surface area contributed by atoms with Gasteiger partial charge in [0, 0.05) is 12.6 Å². The van der Waals surface area contributed by atoms with E-state index in [4.69, 9.17) is 4.74 Å². The van der Waals surface area contributed by atoms with Gasteiger partial charge in [0.1, 0.15) is 6.04 Å². The standard InChI is InChI=1S/C9H17NO3/c1-3-8(9(11)12-2)10-7-4-5-13-6-7/h7-8,10H,3-6H2,1-2H3. The monoisotopic (exact) mass is 187 g/mol. The van der Waals surface area contributed by atoms with Crippen LogP contribution in [0.1, 0.15) is 19.8 Å². The molecule has 1 aliphatic heterocycles. The molecule has 4 heteroatoms. The molecule has 0 amide bonds. The summed E-state index contributed by atoms with van der Waals surface area (Å²) in [5, 5.41) is 3.22. The third-order valence-electron chi connectivity index (χ3n) is 2.26. The van der Waals surface area contributed by atoms with Crippen LogP contribution >= 0.6 is 0 Å². The van der Waals surface area contributed by atoms with Crippen molar-refractivity contribution in [2.75, 3.05) is 20.3 Å². The van der Waals surface area contributed by atoms with Gasteiger partial charge in [-0.1, -0.05) is 6.92 Å². The summed E-state index contributed by atoms with van der Waals surface area (Å²) in [6, 6.07) is 0.126. The van der Waals surface area contributed by atoms with Crippen LogP contribution in [-0.4, -0.2) is 38.4 Å².